The van der Waals surface area contributed by atoms with Crippen LogP contribution in [-0.4, -0.2) is 45.5 Å². The van der Waals surface area contributed by atoms with Crippen molar-refractivity contribution in [3.05, 3.63) is 29.8 Å². The predicted molar refractivity (Wildman–Crippen MR) is 106 cm³/mol. The number of aromatic hydroxyl groups is 1. The second kappa shape index (κ2) is 9.66. The largest absolute Gasteiger partial charge is 0.508 e. The van der Waals surface area contributed by atoms with Gasteiger partial charge in [-0.1, -0.05) is 46.2 Å². The zero-order valence-corrected chi connectivity index (χ0v) is 16.8. The Hall–Kier alpha value is -2.45. The molecule has 0 aromatic heterocycles. The van der Waals surface area contributed by atoms with Gasteiger partial charge in [-0.05, 0) is 36.0 Å². The summed E-state index contributed by atoms with van der Waals surface area (Å²) in [4.78, 5) is 37.5. The highest BCUT2D eigenvalue weighted by Gasteiger charge is 2.49. The van der Waals surface area contributed by atoms with Crippen LogP contribution in [0.15, 0.2) is 24.3 Å². The van der Waals surface area contributed by atoms with E-state index in [1.165, 1.54) is 12.1 Å². The number of hydrogen-bond donors (Lipinski definition) is 5. The van der Waals surface area contributed by atoms with E-state index in [9.17, 15) is 24.6 Å². The van der Waals surface area contributed by atoms with E-state index in [-0.39, 0.29) is 18.1 Å². The smallest absolute Gasteiger partial charge is 0.331 e. The molecule has 1 aromatic carbocycles. The normalized spacial score (nSPS) is 16.7. The van der Waals surface area contributed by atoms with Crippen molar-refractivity contribution in [2.45, 2.75) is 58.2 Å². The Morgan fingerprint density at radius 1 is 1.14 bits per heavy atom. The summed E-state index contributed by atoms with van der Waals surface area (Å²) in [6.07, 6.45) is 0.401. The zero-order chi connectivity index (χ0) is 21.6. The molecular formula is C20H31N3O5. The molecule has 7 N–H and O–H groups in total. The molecule has 0 saturated carbocycles. The van der Waals surface area contributed by atoms with Gasteiger partial charge in [-0.25, -0.2) is 4.79 Å². The van der Waals surface area contributed by atoms with Gasteiger partial charge in [0.1, 0.15) is 5.75 Å². The lowest BCUT2D eigenvalue weighted by Gasteiger charge is -2.33. The number of amides is 1. The summed E-state index contributed by atoms with van der Waals surface area (Å²) < 4.78 is 0. The van der Waals surface area contributed by atoms with Crippen LogP contribution in [0.2, 0.25) is 0 Å². The van der Waals surface area contributed by atoms with Crippen molar-refractivity contribution in [1.82, 2.24) is 5.32 Å². The van der Waals surface area contributed by atoms with Gasteiger partial charge in [0.2, 0.25) is 5.91 Å². The molecule has 1 rings (SSSR count). The van der Waals surface area contributed by atoms with E-state index in [0.29, 0.717) is 12.0 Å². The van der Waals surface area contributed by atoms with Crippen molar-refractivity contribution < 1.29 is 24.6 Å². The average Bonchev–Trinajstić information content (AvgIpc) is 2.65. The molecule has 1 aromatic rings. The van der Waals surface area contributed by atoms with Crippen molar-refractivity contribution >= 4 is 17.7 Å². The molecule has 28 heavy (non-hydrogen) atoms. The maximum Gasteiger partial charge on any atom is 0.331 e. The first-order valence-corrected chi connectivity index (χ1v) is 9.35. The lowest BCUT2D eigenvalue weighted by molar-refractivity contribution is -0.152. The Labute approximate surface area is 165 Å². The summed E-state index contributed by atoms with van der Waals surface area (Å²) in [6, 6.07) is 4.05. The molecule has 0 aliphatic carbocycles. The number of carboxylic acid groups (broad SMARTS) is 1. The summed E-state index contributed by atoms with van der Waals surface area (Å²) >= 11 is 0. The number of Topliss-reactive ketones (excluding diaryl/α,β-unsaturated/α-hetero) is 1. The van der Waals surface area contributed by atoms with Gasteiger partial charge >= 0.3 is 5.97 Å². The van der Waals surface area contributed by atoms with Crippen LogP contribution in [-0.2, 0) is 20.8 Å². The van der Waals surface area contributed by atoms with Gasteiger partial charge in [-0.15, -0.1) is 0 Å². The van der Waals surface area contributed by atoms with Crippen molar-refractivity contribution in [2.24, 2.45) is 23.3 Å². The molecule has 0 aliphatic heterocycles. The maximum absolute atomic E-state index is 13.2. The Morgan fingerprint density at radius 2 is 1.68 bits per heavy atom. The first-order valence-electron chi connectivity index (χ1n) is 9.35. The third-order valence-electron chi connectivity index (χ3n) is 5.18. The number of benzene rings is 1. The Balaban J connectivity index is 3.27. The van der Waals surface area contributed by atoms with E-state index in [0.717, 1.165) is 0 Å². The molecule has 156 valence electrons. The summed E-state index contributed by atoms with van der Waals surface area (Å²) in [5.74, 6) is -3.53. The van der Waals surface area contributed by atoms with Gasteiger partial charge in [-0.2, -0.15) is 0 Å². The first-order chi connectivity index (χ1) is 12.9. The number of carbonyl (C=O) groups is 3. The molecule has 4 unspecified atom stereocenters. The fraction of sp³-hybridized carbons (Fsp3) is 0.550. The number of nitrogens with one attached hydrogen (secondary N) is 1. The van der Waals surface area contributed by atoms with E-state index in [2.05, 4.69) is 5.32 Å². The van der Waals surface area contributed by atoms with Crippen molar-refractivity contribution in [3.8, 4) is 5.75 Å². The number of carbonyl (C=O) groups excluding carboxylic acids is 2. The monoisotopic (exact) mass is 393 g/mol. The first kappa shape index (κ1) is 23.6. The van der Waals surface area contributed by atoms with Gasteiger partial charge < -0.3 is 27.0 Å². The van der Waals surface area contributed by atoms with Crippen LogP contribution in [0, 0.1) is 11.8 Å². The number of nitrogens with two attached hydrogens (primary N) is 2. The average molecular weight is 393 g/mol. The summed E-state index contributed by atoms with van der Waals surface area (Å²) in [6.45, 7) is 6.87. The van der Waals surface area contributed by atoms with E-state index < -0.39 is 41.2 Å². The van der Waals surface area contributed by atoms with Gasteiger partial charge in [0.05, 0.1) is 12.1 Å². The summed E-state index contributed by atoms with van der Waals surface area (Å²) in [7, 11) is 0. The highest BCUT2D eigenvalue weighted by Crippen LogP contribution is 2.23. The summed E-state index contributed by atoms with van der Waals surface area (Å²) in [5.41, 5.74) is 10.4. The number of phenolic OH excluding ortho intramolecular Hbond substituents is 1. The second-order valence-corrected chi connectivity index (χ2v) is 7.55. The highest BCUT2D eigenvalue weighted by atomic mass is 16.4. The molecule has 0 radical (unpaired) electrons. The molecule has 0 heterocycles. The number of ketones is 1. The van der Waals surface area contributed by atoms with Crippen LogP contribution in [0.25, 0.3) is 0 Å². The third kappa shape index (κ3) is 5.30. The number of phenols is 1. The van der Waals surface area contributed by atoms with E-state index >= 15 is 0 Å². The number of rotatable bonds is 10. The molecule has 0 saturated heterocycles. The topological polar surface area (TPSA) is 156 Å². The van der Waals surface area contributed by atoms with Gasteiger partial charge in [0.25, 0.3) is 0 Å². The van der Waals surface area contributed by atoms with Crippen LogP contribution in [0.1, 0.15) is 39.7 Å². The minimum absolute atomic E-state index is 0.0261. The van der Waals surface area contributed by atoms with Gasteiger partial charge in [0, 0.05) is 0 Å². The molecule has 0 fully saturated rings. The van der Waals surface area contributed by atoms with Crippen LogP contribution in [0.5, 0.6) is 5.75 Å². The Bertz CT molecular complexity index is 704. The Morgan fingerprint density at radius 3 is 2.11 bits per heavy atom. The number of carboxylic acids is 1. The van der Waals surface area contributed by atoms with Gasteiger partial charge in [0.15, 0.2) is 11.3 Å². The van der Waals surface area contributed by atoms with E-state index in [1.807, 2.05) is 0 Å². The SMILES string of the molecule is CCC(C)C(N)(C(=O)O)C(=O)C(Cc1ccc(O)cc1)NC(=O)C(N)C(C)C. The lowest BCUT2D eigenvalue weighted by atomic mass is 9.77. The summed E-state index contributed by atoms with van der Waals surface area (Å²) in [5, 5.41) is 21.7. The van der Waals surface area contributed by atoms with Crippen molar-refractivity contribution in [2.75, 3.05) is 0 Å². The number of hydrogen-bond acceptors (Lipinski definition) is 6. The molecule has 1 amide bonds. The third-order valence-corrected chi connectivity index (χ3v) is 5.18. The quantitative estimate of drug-likeness (QED) is 0.368. The van der Waals surface area contributed by atoms with Crippen LogP contribution in [0.4, 0.5) is 0 Å². The number of aliphatic carboxylic acids is 1. The van der Waals surface area contributed by atoms with Crippen molar-refractivity contribution in [1.29, 1.82) is 0 Å². The standard InChI is InChI=1S/C20H31N3O5/c1-5-12(4)20(22,19(27)28)17(25)15(23-18(26)16(21)11(2)3)10-13-6-8-14(24)9-7-13/h6-9,11-12,15-16,24H,5,10,21-22H2,1-4H3,(H,23,26)(H,27,28). The van der Waals surface area contributed by atoms with Gasteiger partial charge in [-0.3, -0.25) is 9.59 Å². The highest BCUT2D eigenvalue weighted by molar-refractivity contribution is 6.11. The molecule has 0 aliphatic rings. The molecule has 0 bridgehead atoms. The van der Waals surface area contributed by atoms with Crippen LogP contribution < -0.4 is 16.8 Å². The zero-order valence-electron chi connectivity index (χ0n) is 16.8. The van der Waals surface area contributed by atoms with Crippen LogP contribution in [0.3, 0.4) is 0 Å². The molecular weight excluding hydrogens is 362 g/mol. The maximum atomic E-state index is 13.2. The molecule has 0 spiro atoms. The van der Waals surface area contributed by atoms with Crippen molar-refractivity contribution in [3.63, 3.8) is 0 Å². The molecule has 8 nitrogen and oxygen atoms in total. The molecule has 8 heteroatoms. The second-order valence-electron chi connectivity index (χ2n) is 7.55. The predicted octanol–water partition coefficient (Wildman–Crippen LogP) is 0.800. The fourth-order valence-electron chi connectivity index (χ4n) is 2.82. The van der Waals surface area contributed by atoms with Crippen LogP contribution >= 0.6 is 0 Å². The lowest BCUT2D eigenvalue weighted by Crippen LogP contribution is -2.66. The minimum Gasteiger partial charge on any atom is -0.508 e. The van der Waals surface area contributed by atoms with E-state index in [4.69, 9.17) is 11.5 Å². The Kier molecular flexibility index (Phi) is 8.14. The minimum atomic E-state index is -2.15. The fourth-order valence-corrected chi connectivity index (χ4v) is 2.82. The molecule has 4 atom stereocenters. The van der Waals surface area contributed by atoms with E-state index in [1.54, 1.807) is 39.8 Å².